The van der Waals surface area contributed by atoms with Crippen LogP contribution in [-0.2, 0) is 10.9 Å². The molecule has 1 aliphatic heterocycles. The maximum Gasteiger partial charge on any atom is 0.416 e. The third kappa shape index (κ3) is 3.19. The number of nitrogens with two attached hydrogens (primary N) is 1. The van der Waals surface area contributed by atoms with Gasteiger partial charge in [0.1, 0.15) is 6.10 Å². The van der Waals surface area contributed by atoms with Crippen molar-refractivity contribution < 1.29 is 23.0 Å². The van der Waals surface area contributed by atoms with Gasteiger partial charge in [0.25, 0.3) is 0 Å². The van der Waals surface area contributed by atoms with Gasteiger partial charge in [0, 0.05) is 17.9 Å². The molecular formula is C13H16F3NO2. The van der Waals surface area contributed by atoms with Gasteiger partial charge in [-0.25, -0.2) is 0 Å². The van der Waals surface area contributed by atoms with Crippen LogP contribution >= 0.6 is 0 Å². The second kappa shape index (κ2) is 5.38. The molecule has 0 saturated carbocycles. The van der Waals surface area contributed by atoms with Crippen LogP contribution in [-0.4, -0.2) is 17.8 Å². The van der Waals surface area contributed by atoms with E-state index in [1.54, 1.807) is 0 Å². The Labute approximate surface area is 109 Å². The van der Waals surface area contributed by atoms with E-state index in [1.807, 2.05) is 0 Å². The summed E-state index contributed by atoms with van der Waals surface area (Å²) in [6.07, 6.45) is -3.26. The maximum atomic E-state index is 12.5. The molecule has 6 heteroatoms. The summed E-state index contributed by atoms with van der Waals surface area (Å²) in [6.45, 7) is 0.558. The van der Waals surface area contributed by atoms with Crippen LogP contribution in [0, 0.1) is 0 Å². The number of benzene rings is 1. The second-order valence-corrected chi connectivity index (χ2v) is 4.69. The first-order chi connectivity index (χ1) is 8.89. The highest BCUT2D eigenvalue weighted by Crippen LogP contribution is 2.35. The van der Waals surface area contributed by atoms with Crippen LogP contribution in [0.25, 0.3) is 0 Å². The molecule has 0 amide bonds. The van der Waals surface area contributed by atoms with E-state index in [0.29, 0.717) is 18.6 Å². The lowest BCUT2D eigenvalue weighted by Crippen LogP contribution is -2.27. The average molecular weight is 275 g/mol. The summed E-state index contributed by atoms with van der Waals surface area (Å²) in [4.78, 5) is 0. The summed E-state index contributed by atoms with van der Waals surface area (Å²) in [5, 5.41) is 10.1. The van der Waals surface area contributed by atoms with Gasteiger partial charge >= 0.3 is 6.18 Å². The molecule has 0 spiro atoms. The Hall–Kier alpha value is -1.27. The van der Waals surface area contributed by atoms with Crippen molar-refractivity contribution in [2.45, 2.75) is 37.6 Å². The fraction of sp³-hybridized carbons (Fsp3) is 0.538. The fourth-order valence-corrected chi connectivity index (χ4v) is 2.24. The Balaban J connectivity index is 2.20. The van der Waals surface area contributed by atoms with Crippen LogP contribution in [0.1, 0.15) is 36.5 Å². The van der Waals surface area contributed by atoms with Gasteiger partial charge in [-0.3, -0.25) is 0 Å². The van der Waals surface area contributed by atoms with Gasteiger partial charge in [0.05, 0.1) is 11.7 Å². The molecule has 3 nitrogen and oxygen atoms in total. The van der Waals surface area contributed by atoms with E-state index >= 15 is 0 Å². The van der Waals surface area contributed by atoms with Crippen molar-refractivity contribution in [3.05, 3.63) is 29.3 Å². The smallest absolute Gasteiger partial charge is 0.398 e. The quantitative estimate of drug-likeness (QED) is 0.816. The monoisotopic (exact) mass is 275 g/mol. The molecule has 3 N–H and O–H groups in total. The van der Waals surface area contributed by atoms with Crippen LogP contribution < -0.4 is 5.73 Å². The van der Waals surface area contributed by atoms with Crippen molar-refractivity contribution >= 4 is 5.69 Å². The lowest BCUT2D eigenvalue weighted by Gasteiger charge is -2.28. The van der Waals surface area contributed by atoms with E-state index in [1.165, 1.54) is 6.07 Å². The van der Waals surface area contributed by atoms with E-state index < -0.39 is 23.9 Å². The summed E-state index contributed by atoms with van der Waals surface area (Å²) in [5.74, 6) is 0. The number of aliphatic hydroxyl groups excluding tert-OH is 1. The molecule has 1 saturated heterocycles. The lowest BCUT2D eigenvalue weighted by molar-refractivity contribution is -0.137. The third-order valence-electron chi connectivity index (χ3n) is 3.30. The third-order valence-corrected chi connectivity index (χ3v) is 3.30. The highest BCUT2D eigenvalue weighted by molar-refractivity contribution is 5.51. The number of halogens is 3. The maximum absolute atomic E-state index is 12.5. The molecule has 19 heavy (non-hydrogen) atoms. The summed E-state index contributed by atoms with van der Waals surface area (Å²) in [6, 6.07) is 3.00. The first-order valence-electron chi connectivity index (χ1n) is 6.16. The first-order valence-corrected chi connectivity index (χ1v) is 6.16. The van der Waals surface area contributed by atoms with Gasteiger partial charge in [-0.1, -0.05) is 6.07 Å². The molecule has 1 aliphatic rings. The van der Waals surface area contributed by atoms with Gasteiger partial charge < -0.3 is 15.6 Å². The fourth-order valence-electron chi connectivity index (χ4n) is 2.24. The van der Waals surface area contributed by atoms with Gasteiger partial charge in [-0.2, -0.15) is 13.2 Å². The van der Waals surface area contributed by atoms with Crippen molar-refractivity contribution in [2.24, 2.45) is 0 Å². The standard InChI is InChI=1S/C13H16F3NO2/c14-13(15,16)8-4-5-9(10(17)7-8)12(18)11-3-1-2-6-19-11/h4-5,7,11-12,18H,1-3,6,17H2. The summed E-state index contributed by atoms with van der Waals surface area (Å²) in [7, 11) is 0. The number of anilines is 1. The molecular weight excluding hydrogens is 259 g/mol. The van der Waals surface area contributed by atoms with Crippen LogP contribution in [0.4, 0.5) is 18.9 Å². The van der Waals surface area contributed by atoms with E-state index in [-0.39, 0.29) is 5.69 Å². The summed E-state index contributed by atoms with van der Waals surface area (Å²) in [5.41, 5.74) is 5.03. The molecule has 1 aromatic carbocycles. The molecule has 1 heterocycles. The Kier molecular flexibility index (Phi) is 4.01. The molecule has 1 aromatic rings. The number of aliphatic hydroxyl groups is 1. The Morgan fingerprint density at radius 1 is 1.32 bits per heavy atom. The van der Waals surface area contributed by atoms with Crippen molar-refractivity contribution in [2.75, 3.05) is 12.3 Å². The zero-order valence-electron chi connectivity index (χ0n) is 10.3. The van der Waals surface area contributed by atoms with Crippen molar-refractivity contribution in [3.8, 4) is 0 Å². The first kappa shape index (κ1) is 14.1. The topological polar surface area (TPSA) is 55.5 Å². The van der Waals surface area contributed by atoms with Crippen molar-refractivity contribution in [1.82, 2.24) is 0 Å². The van der Waals surface area contributed by atoms with E-state index in [9.17, 15) is 18.3 Å². The lowest BCUT2D eigenvalue weighted by atomic mass is 9.96. The van der Waals surface area contributed by atoms with Crippen molar-refractivity contribution in [1.29, 1.82) is 0 Å². The largest absolute Gasteiger partial charge is 0.416 e. The Morgan fingerprint density at radius 3 is 2.58 bits per heavy atom. The van der Waals surface area contributed by atoms with Crippen LogP contribution in [0.2, 0.25) is 0 Å². The van der Waals surface area contributed by atoms with Gasteiger partial charge in [-0.05, 0) is 31.4 Å². The molecule has 0 aliphatic carbocycles. The molecule has 0 aromatic heterocycles. The van der Waals surface area contributed by atoms with E-state index in [2.05, 4.69) is 0 Å². The molecule has 0 bridgehead atoms. The minimum atomic E-state index is -4.43. The highest BCUT2D eigenvalue weighted by atomic mass is 19.4. The highest BCUT2D eigenvalue weighted by Gasteiger charge is 2.32. The number of alkyl halides is 3. The predicted octanol–water partition coefficient (Wildman–Crippen LogP) is 2.89. The minimum absolute atomic E-state index is 0.0588. The number of ether oxygens (including phenoxy) is 1. The average Bonchev–Trinajstić information content (AvgIpc) is 2.38. The summed E-state index contributed by atoms with van der Waals surface area (Å²) >= 11 is 0. The Bertz CT molecular complexity index is 442. The zero-order valence-corrected chi connectivity index (χ0v) is 10.3. The van der Waals surface area contributed by atoms with Crippen LogP contribution in [0.5, 0.6) is 0 Å². The summed E-state index contributed by atoms with van der Waals surface area (Å²) < 4.78 is 43.0. The number of hydrogen-bond donors (Lipinski definition) is 2. The SMILES string of the molecule is Nc1cc(C(F)(F)F)ccc1C(O)C1CCCCO1. The van der Waals surface area contributed by atoms with Gasteiger partial charge in [0.2, 0.25) is 0 Å². The molecule has 106 valence electrons. The molecule has 2 atom stereocenters. The number of hydrogen-bond acceptors (Lipinski definition) is 3. The Morgan fingerprint density at radius 2 is 2.05 bits per heavy atom. The zero-order chi connectivity index (χ0) is 14.0. The molecule has 0 radical (unpaired) electrons. The van der Waals surface area contributed by atoms with Crippen LogP contribution in [0.3, 0.4) is 0 Å². The molecule has 2 unspecified atom stereocenters. The number of rotatable bonds is 2. The van der Waals surface area contributed by atoms with E-state index in [4.69, 9.17) is 10.5 Å². The second-order valence-electron chi connectivity index (χ2n) is 4.69. The van der Waals surface area contributed by atoms with Gasteiger partial charge in [-0.15, -0.1) is 0 Å². The molecule has 2 rings (SSSR count). The van der Waals surface area contributed by atoms with E-state index in [0.717, 1.165) is 25.0 Å². The van der Waals surface area contributed by atoms with Gasteiger partial charge in [0.15, 0.2) is 0 Å². The number of nitrogen functional groups attached to an aromatic ring is 1. The normalized spacial score (nSPS) is 22.2. The minimum Gasteiger partial charge on any atom is -0.398 e. The van der Waals surface area contributed by atoms with Crippen molar-refractivity contribution in [3.63, 3.8) is 0 Å². The van der Waals surface area contributed by atoms with Crippen LogP contribution in [0.15, 0.2) is 18.2 Å². The molecule has 1 fully saturated rings. The predicted molar refractivity (Wildman–Crippen MR) is 64.4 cm³/mol.